The molecule has 24 heavy (non-hydrogen) atoms. The Balaban J connectivity index is 1.34. The maximum atomic E-state index is 12.5. The number of carbonyl (C=O) groups is 1. The van der Waals surface area contributed by atoms with E-state index in [4.69, 9.17) is 4.74 Å². The average Bonchev–Trinajstić information content (AvgIpc) is 3.25. The number of nitrogens with zero attached hydrogens (tertiary/aromatic N) is 5. The Kier molecular flexibility index (Phi) is 3.70. The van der Waals surface area contributed by atoms with Gasteiger partial charge < -0.3 is 9.64 Å². The van der Waals surface area contributed by atoms with Gasteiger partial charge in [0.2, 0.25) is 5.88 Å². The molecule has 1 saturated heterocycles. The van der Waals surface area contributed by atoms with Crippen LogP contribution in [0, 0.1) is 0 Å². The van der Waals surface area contributed by atoms with Crippen LogP contribution in [0.4, 0.5) is 0 Å². The number of pyridine rings is 1. The first-order chi connectivity index (χ1) is 11.6. The van der Waals surface area contributed by atoms with Crippen molar-refractivity contribution >= 4 is 5.91 Å². The molecular formula is C17H21N5O2. The van der Waals surface area contributed by atoms with Crippen LogP contribution in [-0.2, 0) is 0 Å². The van der Waals surface area contributed by atoms with Crippen molar-refractivity contribution in [3.63, 3.8) is 0 Å². The van der Waals surface area contributed by atoms with Gasteiger partial charge in [-0.2, -0.15) is 0 Å². The summed E-state index contributed by atoms with van der Waals surface area (Å²) in [4.78, 5) is 18.5. The summed E-state index contributed by atoms with van der Waals surface area (Å²) >= 11 is 0. The van der Waals surface area contributed by atoms with Crippen LogP contribution in [0.15, 0.2) is 24.5 Å². The van der Waals surface area contributed by atoms with E-state index in [1.165, 1.54) is 12.8 Å². The van der Waals surface area contributed by atoms with Gasteiger partial charge in [0.25, 0.3) is 5.91 Å². The van der Waals surface area contributed by atoms with Crippen LogP contribution >= 0.6 is 0 Å². The summed E-state index contributed by atoms with van der Waals surface area (Å²) < 4.78 is 7.39. The van der Waals surface area contributed by atoms with E-state index in [0.717, 1.165) is 5.69 Å². The highest BCUT2D eigenvalue weighted by molar-refractivity contribution is 5.94. The van der Waals surface area contributed by atoms with Gasteiger partial charge in [0.1, 0.15) is 0 Å². The van der Waals surface area contributed by atoms with Gasteiger partial charge in [0, 0.05) is 37.5 Å². The number of hydrogen-bond acceptors (Lipinski definition) is 5. The van der Waals surface area contributed by atoms with Crippen LogP contribution in [0.25, 0.3) is 0 Å². The normalized spacial score (nSPS) is 17.9. The standard InChI is InChI=1S/C17H21N5O2/c1-11(2)24-16-6-5-13(7-18-16)17(23)21-8-14(9-21)22-10-15(19-20-22)12-3-4-12/h5-7,10-12,14H,3-4,8-9H2,1-2H3. The molecule has 0 aromatic carbocycles. The minimum atomic E-state index is -0.00243. The number of amides is 1. The molecule has 0 unspecified atom stereocenters. The topological polar surface area (TPSA) is 73.1 Å². The number of hydrogen-bond donors (Lipinski definition) is 0. The Bertz CT molecular complexity index is 730. The Morgan fingerprint density at radius 2 is 2.08 bits per heavy atom. The lowest BCUT2D eigenvalue weighted by atomic mass is 10.1. The molecule has 2 aromatic rings. The van der Waals surface area contributed by atoms with E-state index < -0.39 is 0 Å². The molecule has 3 heterocycles. The second-order valence-corrected chi connectivity index (χ2v) is 6.81. The molecule has 1 aliphatic heterocycles. The molecule has 126 valence electrons. The molecule has 2 aromatic heterocycles. The van der Waals surface area contributed by atoms with Crippen LogP contribution in [0.2, 0.25) is 0 Å². The number of rotatable bonds is 5. The molecule has 1 saturated carbocycles. The summed E-state index contributed by atoms with van der Waals surface area (Å²) in [6.07, 6.45) is 6.12. The van der Waals surface area contributed by atoms with E-state index in [9.17, 15) is 4.79 Å². The fourth-order valence-electron chi connectivity index (χ4n) is 2.82. The predicted molar refractivity (Wildman–Crippen MR) is 86.9 cm³/mol. The lowest BCUT2D eigenvalue weighted by Gasteiger charge is -2.38. The highest BCUT2D eigenvalue weighted by Crippen LogP contribution is 2.39. The van der Waals surface area contributed by atoms with Crippen molar-refractivity contribution in [2.75, 3.05) is 13.1 Å². The van der Waals surface area contributed by atoms with E-state index >= 15 is 0 Å². The molecule has 4 rings (SSSR count). The molecule has 7 heteroatoms. The third-order valence-electron chi connectivity index (χ3n) is 4.39. The summed E-state index contributed by atoms with van der Waals surface area (Å²) in [5.41, 5.74) is 1.67. The number of likely N-dealkylation sites (tertiary alicyclic amines) is 1. The average molecular weight is 327 g/mol. The van der Waals surface area contributed by atoms with Crippen LogP contribution in [-0.4, -0.2) is 50.0 Å². The van der Waals surface area contributed by atoms with Crippen molar-refractivity contribution in [1.82, 2.24) is 24.9 Å². The molecule has 2 aliphatic rings. The van der Waals surface area contributed by atoms with E-state index in [2.05, 4.69) is 15.3 Å². The number of ether oxygens (including phenoxy) is 1. The van der Waals surface area contributed by atoms with Crippen LogP contribution in [0.3, 0.4) is 0 Å². The Hall–Kier alpha value is -2.44. The minimum absolute atomic E-state index is 0.00243. The van der Waals surface area contributed by atoms with Crippen molar-refractivity contribution < 1.29 is 9.53 Å². The summed E-state index contributed by atoms with van der Waals surface area (Å²) in [6, 6.07) is 3.73. The zero-order chi connectivity index (χ0) is 16.7. The van der Waals surface area contributed by atoms with Crippen LogP contribution < -0.4 is 4.74 Å². The van der Waals surface area contributed by atoms with Gasteiger partial charge in [0.05, 0.1) is 23.4 Å². The van der Waals surface area contributed by atoms with Crippen molar-refractivity contribution in [2.24, 2.45) is 0 Å². The summed E-state index contributed by atoms with van der Waals surface area (Å²) in [5, 5.41) is 8.43. The molecule has 1 aliphatic carbocycles. The lowest BCUT2D eigenvalue weighted by Crippen LogP contribution is -2.50. The minimum Gasteiger partial charge on any atom is -0.475 e. The van der Waals surface area contributed by atoms with E-state index in [0.29, 0.717) is 30.5 Å². The zero-order valence-corrected chi connectivity index (χ0v) is 13.9. The quantitative estimate of drug-likeness (QED) is 0.840. The third-order valence-corrected chi connectivity index (χ3v) is 4.39. The van der Waals surface area contributed by atoms with Crippen LogP contribution in [0.1, 0.15) is 54.7 Å². The van der Waals surface area contributed by atoms with Gasteiger partial charge in [-0.3, -0.25) is 4.79 Å². The summed E-state index contributed by atoms with van der Waals surface area (Å²) in [6.45, 7) is 5.21. The molecule has 0 bridgehead atoms. The number of carbonyl (C=O) groups excluding carboxylic acids is 1. The van der Waals surface area contributed by atoms with Crippen molar-refractivity contribution in [2.45, 2.75) is 44.8 Å². The second kappa shape index (κ2) is 5.89. The Labute approximate surface area is 140 Å². The number of aromatic nitrogens is 4. The van der Waals surface area contributed by atoms with Gasteiger partial charge in [-0.25, -0.2) is 9.67 Å². The Morgan fingerprint density at radius 3 is 2.71 bits per heavy atom. The first-order valence-electron chi connectivity index (χ1n) is 8.44. The molecule has 0 atom stereocenters. The highest BCUT2D eigenvalue weighted by Gasteiger charge is 2.34. The largest absolute Gasteiger partial charge is 0.475 e. The molecule has 2 fully saturated rings. The maximum absolute atomic E-state index is 12.5. The molecule has 7 nitrogen and oxygen atoms in total. The van der Waals surface area contributed by atoms with Crippen molar-refractivity contribution in [3.8, 4) is 5.88 Å². The highest BCUT2D eigenvalue weighted by atomic mass is 16.5. The fourth-order valence-corrected chi connectivity index (χ4v) is 2.82. The monoisotopic (exact) mass is 327 g/mol. The third kappa shape index (κ3) is 2.98. The maximum Gasteiger partial charge on any atom is 0.255 e. The Morgan fingerprint density at radius 1 is 1.29 bits per heavy atom. The smallest absolute Gasteiger partial charge is 0.255 e. The second-order valence-electron chi connectivity index (χ2n) is 6.81. The first kappa shape index (κ1) is 15.1. The van der Waals surface area contributed by atoms with Gasteiger partial charge in [0.15, 0.2) is 0 Å². The van der Waals surface area contributed by atoms with E-state index in [-0.39, 0.29) is 18.1 Å². The first-order valence-corrected chi connectivity index (χ1v) is 8.44. The van der Waals surface area contributed by atoms with Gasteiger partial charge >= 0.3 is 0 Å². The van der Waals surface area contributed by atoms with Gasteiger partial charge in [-0.1, -0.05) is 5.21 Å². The van der Waals surface area contributed by atoms with Gasteiger partial charge in [-0.15, -0.1) is 5.10 Å². The lowest BCUT2D eigenvalue weighted by molar-refractivity contribution is 0.0498. The molecular weight excluding hydrogens is 306 g/mol. The molecule has 0 radical (unpaired) electrons. The SMILES string of the molecule is CC(C)Oc1ccc(C(=O)N2CC(n3cc(C4CC4)nn3)C2)cn1. The summed E-state index contributed by atoms with van der Waals surface area (Å²) in [5.74, 6) is 1.14. The predicted octanol–water partition coefficient (Wildman–Crippen LogP) is 2.03. The zero-order valence-electron chi connectivity index (χ0n) is 13.9. The molecule has 1 amide bonds. The van der Waals surface area contributed by atoms with Crippen molar-refractivity contribution in [3.05, 3.63) is 35.8 Å². The van der Waals surface area contributed by atoms with Crippen LogP contribution in [0.5, 0.6) is 5.88 Å². The summed E-state index contributed by atoms with van der Waals surface area (Å²) in [7, 11) is 0. The fraction of sp³-hybridized carbons (Fsp3) is 0.529. The van der Waals surface area contributed by atoms with Gasteiger partial charge in [-0.05, 0) is 32.8 Å². The molecule has 0 N–H and O–H groups in total. The van der Waals surface area contributed by atoms with Crippen molar-refractivity contribution in [1.29, 1.82) is 0 Å². The van der Waals surface area contributed by atoms with E-state index in [1.54, 1.807) is 18.3 Å². The molecule has 0 spiro atoms. The van der Waals surface area contributed by atoms with E-state index in [1.807, 2.05) is 29.6 Å².